The Kier molecular flexibility index (Phi) is 9.04. The predicted octanol–water partition coefficient (Wildman–Crippen LogP) is 6.86. The Balaban J connectivity index is 1.50. The number of likely N-dealkylation sites (N-methyl/N-ethyl adjacent to an activating group) is 1. The molecule has 186 valence electrons. The predicted molar refractivity (Wildman–Crippen MR) is 149 cm³/mol. The third-order valence-corrected chi connectivity index (χ3v) is 7.22. The smallest absolute Gasteiger partial charge is 0.186 e. The Morgan fingerprint density at radius 3 is 2.42 bits per heavy atom. The van der Waals surface area contributed by atoms with Gasteiger partial charge in [-0.2, -0.15) is 0 Å². The molecule has 4 aromatic rings. The van der Waals surface area contributed by atoms with Gasteiger partial charge < -0.3 is 9.64 Å². The minimum atomic E-state index is 0.0303. The standard InChI is InChI=1S/C31H34N2O2S/c1-4-33(5-2)17-18-35-30-20-25(13-16-27(30)26-14-11-23(3)12-15-26)19-29(34)28-22-36-31(32-28)21-24-9-7-6-8-10-24/h6-16,20,22H,4-5,17-19,21H2,1-3H3. The lowest BCUT2D eigenvalue weighted by molar-refractivity contribution is 0.0988. The number of rotatable bonds is 12. The summed E-state index contributed by atoms with van der Waals surface area (Å²) < 4.78 is 6.29. The first-order chi connectivity index (χ1) is 17.6. The molecule has 0 aliphatic rings. The van der Waals surface area contributed by atoms with Gasteiger partial charge in [-0.25, -0.2) is 4.98 Å². The third kappa shape index (κ3) is 6.90. The first kappa shape index (κ1) is 25.8. The van der Waals surface area contributed by atoms with Gasteiger partial charge in [0.15, 0.2) is 5.78 Å². The molecule has 0 N–H and O–H groups in total. The molecule has 0 aliphatic heterocycles. The van der Waals surface area contributed by atoms with E-state index in [-0.39, 0.29) is 5.78 Å². The van der Waals surface area contributed by atoms with Gasteiger partial charge in [-0.05, 0) is 42.8 Å². The molecule has 0 radical (unpaired) electrons. The van der Waals surface area contributed by atoms with Crippen LogP contribution in [0.3, 0.4) is 0 Å². The highest BCUT2D eigenvalue weighted by molar-refractivity contribution is 7.09. The van der Waals surface area contributed by atoms with Crippen molar-refractivity contribution in [3.63, 3.8) is 0 Å². The number of benzene rings is 3. The second-order valence-corrected chi connectivity index (χ2v) is 9.90. The van der Waals surface area contributed by atoms with Crippen LogP contribution < -0.4 is 4.74 Å². The Hall–Kier alpha value is -3.28. The zero-order valence-electron chi connectivity index (χ0n) is 21.4. The summed E-state index contributed by atoms with van der Waals surface area (Å²) in [6.45, 7) is 9.88. The number of ketones is 1. The van der Waals surface area contributed by atoms with Crippen molar-refractivity contribution in [2.24, 2.45) is 0 Å². The maximum atomic E-state index is 13.1. The van der Waals surface area contributed by atoms with E-state index < -0.39 is 0 Å². The number of hydrogen-bond donors (Lipinski definition) is 0. The van der Waals surface area contributed by atoms with Gasteiger partial charge in [0, 0.05) is 30.3 Å². The van der Waals surface area contributed by atoms with Crippen molar-refractivity contribution in [2.45, 2.75) is 33.6 Å². The van der Waals surface area contributed by atoms with Crippen molar-refractivity contribution in [1.82, 2.24) is 9.88 Å². The normalized spacial score (nSPS) is 11.1. The molecule has 1 aromatic heterocycles. The van der Waals surface area contributed by atoms with Crippen molar-refractivity contribution in [3.8, 4) is 16.9 Å². The SMILES string of the molecule is CCN(CC)CCOc1cc(CC(=O)c2csc(Cc3ccccc3)n2)ccc1-c1ccc(C)cc1. The fourth-order valence-electron chi connectivity index (χ4n) is 4.16. The fraction of sp³-hybridized carbons (Fsp3) is 0.290. The number of carbonyl (C=O) groups excluding carboxylic acids is 1. The van der Waals surface area contributed by atoms with E-state index in [1.54, 1.807) is 11.3 Å². The quantitative estimate of drug-likeness (QED) is 0.200. The molecule has 3 aromatic carbocycles. The second-order valence-electron chi connectivity index (χ2n) is 8.96. The lowest BCUT2D eigenvalue weighted by Gasteiger charge is -2.19. The summed E-state index contributed by atoms with van der Waals surface area (Å²) in [5, 5.41) is 2.84. The van der Waals surface area contributed by atoms with Crippen molar-refractivity contribution >= 4 is 17.1 Å². The maximum absolute atomic E-state index is 13.1. The molecule has 0 saturated heterocycles. The molecular weight excluding hydrogens is 464 g/mol. The van der Waals surface area contributed by atoms with Crippen LogP contribution in [-0.4, -0.2) is 41.9 Å². The summed E-state index contributed by atoms with van der Waals surface area (Å²) in [7, 11) is 0. The molecule has 0 atom stereocenters. The number of hydrogen-bond acceptors (Lipinski definition) is 5. The van der Waals surface area contributed by atoms with Crippen LogP contribution in [0.1, 0.15) is 46.0 Å². The molecular formula is C31H34N2O2S. The second kappa shape index (κ2) is 12.6. The van der Waals surface area contributed by atoms with Crippen LogP contribution in [0.15, 0.2) is 78.2 Å². The van der Waals surface area contributed by atoms with E-state index in [9.17, 15) is 4.79 Å². The molecule has 4 rings (SSSR count). The minimum absolute atomic E-state index is 0.0303. The third-order valence-electron chi connectivity index (χ3n) is 6.37. The molecule has 0 bridgehead atoms. The van der Waals surface area contributed by atoms with E-state index in [1.165, 1.54) is 11.1 Å². The summed E-state index contributed by atoms with van der Waals surface area (Å²) in [6.07, 6.45) is 1.05. The van der Waals surface area contributed by atoms with Crippen LogP contribution in [0.2, 0.25) is 0 Å². The Morgan fingerprint density at radius 2 is 1.69 bits per heavy atom. The number of Topliss-reactive ketones (excluding diaryl/α,β-unsaturated/α-hetero) is 1. The van der Waals surface area contributed by atoms with Gasteiger partial charge in [0.2, 0.25) is 0 Å². The molecule has 0 fully saturated rings. The summed E-state index contributed by atoms with van der Waals surface area (Å²) in [4.78, 5) is 20.0. The van der Waals surface area contributed by atoms with Gasteiger partial charge in [-0.1, -0.05) is 86.1 Å². The first-order valence-electron chi connectivity index (χ1n) is 12.6. The summed E-state index contributed by atoms with van der Waals surface area (Å²) in [6, 6.07) is 24.8. The van der Waals surface area contributed by atoms with Crippen LogP contribution in [0.25, 0.3) is 11.1 Å². The Morgan fingerprint density at radius 1 is 0.944 bits per heavy atom. The molecule has 0 unspecified atom stereocenters. The average Bonchev–Trinajstić information content (AvgIpc) is 3.37. The number of aromatic nitrogens is 1. The fourth-order valence-corrected chi connectivity index (χ4v) is 4.99. The Bertz CT molecular complexity index is 1260. The van der Waals surface area contributed by atoms with Gasteiger partial charge in [0.05, 0.1) is 5.01 Å². The zero-order valence-corrected chi connectivity index (χ0v) is 22.2. The number of aryl methyl sites for hydroxylation is 1. The van der Waals surface area contributed by atoms with Gasteiger partial charge in [-0.15, -0.1) is 11.3 Å². The topological polar surface area (TPSA) is 42.4 Å². The monoisotopic (exact) mass is 498 g/mol. The van der Waals surface area contributed by atoms with Crippen molar-refractivity contribution < 1.29 is 9.53 Å². The number of carbonyl (C=O) groups is 1. The van der Waals surface area contributed by atoms with Crippen molar-refractivity contribution in [3.05, 3.63) is 106 Å². The molecule has 0 saturated carbocycles. The molecule has 5 heteroatoms. The highest BCUT2D eigenvalue weighted by Crippen LogP contribution is 2.32. The Labute approximate surface area is 218 Å². The van der Waals surface area contributed by atoms with Crippen LogP contribution in [0, 0.1) is 6.92 Å². The maximum Gasteiger partial charge on any atom is 0.186 e. The molecule has 4 nitrogen and oxygen atoms in total. The minimum Gasteiger partial charge on any atom is -0.492 e. The molecule has 0 aliphatic carbocycles. The van der Waals surface area contributed by atoms with Gasteiger partial charge in [-0.3, -0.25) is 4.79 Å². The first-order valence-corrected chi connectivity index (χ1v) is 13.5. The van der Waals surface area contributed by atoms with E-state index in [1.807, 2.05) is 35.7 Å². The molecule has 0 spiro atoms. The van der Waals surface area contributed by atoms with Crippen LogP contribution in [0.4, 0.5) is 0 Å². The average molecular weight is 499 g/mol. The van der Waals surface area contributed by atoms with Gasteiger partial charge in [0.1, 0.15) is 18.1 Å². The van der Waals surface area contributed by atoms with Crippen LogP contribution >= 0.6 is 11.3 Å². The highest BCUT2D eigenvalue weighted by atomic mass is 32.1. The zero-order chi connectivity index (χ0) is 25.3. The van der Waals surface area contributed by atoms with E-state index in [4.69, 9.17) is 4.74 Å². The number of ether oxygens (including phenoxy) is 1. The van der Waals surface area contributed by atoms with Crippen molar-refractivity contribution in [2.75, 3.05) is 26.2 Å². The molecule has 36 heavy (non-hydrogen) atoms. The lowest BCUT2D eigenvalue weighted by Crippen LogP contribution is -2.28. The number of nitrogens with zero attached hydrogens (tertiary/aromatic N) is 2. The van der Waals surface area contributed by atoms with Crippen LogP contribution in [0.5, 0.6) is 5.75 Å². The van der Waals surface area contributed by atoms with E-state index in [0.29, 0.717) is 18.7 Å². The number of thiazole rings is 1. The summed E-state index contributed by atoms with van der Waals surface area (Å²) >= 11 is 1.54. The summed E-state index contributed by atoms with van der Waals surface area (Å²) in [5.41, 5.74) is 6.05. The molecule has 0 amide bonds. The van der Waals surface area contributed by atoms with Gasteiger partial charge in [0.25, 0.3) is 0 Å². The van der Waals surface area contributed by atoms with E-state index >= 15 is 0 Å². The van der Waals surface area contributed by atoms with Crippen LogP contribution in [-0.2, 0) is 12.8 Å². The highest BCUT2D eigenvalue weighted by Gasteiger charge is 2.15. The largest absolute Gasteiger partial charge is 0.492 e. The molecule has 1 heterocycles. The van der Waals surface area contributed by atoms with E-state index in [0.717, 1.165) is 53.5 Å². The van der Waals surface area contributed by atoms with Crippen molar-refractivity contribution in [1.29, 1.82) is 0 Å². The lowest BCUT2D eigenvalue weighted by atomic mass is 9.99. The van der Waals surface area contributed by atoms with E-state index in [2.05, 4.69) is 73.1 Å². The summed E-state index contributed by atoms with van der Waals surface area (Å²) in [5.74, 6) is 0.849. The van der Waals surface area contributed by atoms with Gasteiger partial charge >= 0.3 is 0 Å².